The van der Waals surface area contributed by atoms with Crippen LogP contribution in [0.3, 0.4) is 0 Å². The van der Waals surface area contributed by atoms with Gasteiger partial charge in [0.2, 0.25) is 11.8 Å². The van der Waals surface area contributed by atoms with Crippen LogP contribution in [-0.4, -0.2) is 77.5 Å². The summed E-state index contributed by atoms with van der Waals surface area (Å²) in [5.74, 6) is 0.555. The van der Waals surface area contributed by atoms with Crippen LogP contribution in [0.1, 0.15) is 64.2 Å². The van der Waals surface area contributed by atoms with Crippen LogP contribution in [0.25, 0.3) is 11.1 Å². The lowest BCUT2D eigenvalue weighted by atomic mass is 9.93. The number of nitriles is 1. The zero-order valence-electron chi connectivity index (χ0n) is 30.4. The van der Waals surface area contributed by atoms with Crippen molar-refractivity contribution >= 4 is 34.8 Å². The van der Waals surface area contributed by atoms with E-state index in [1.165, 1.54) is 11.3 Å². The minimum absolute atomic E-state index is 0.139. The molecule has 4 aromatic rings. The highest BCUT2D eigenvalue weighted by Gasteiger charge is 2.45. The fourth-order valence-electron chi connectivity index (χ4n) is 8.87. The number of hydrogen-bond acceptors (Lipinski definition) is 9. The average molecular weight is 710 g/mol. The number of aryl methyl sites for hydroxylation is 3. The van der Waals surface area contributed by atoms with Crippen LogP contribution in [-0.2, 0) is 21.5 Å². The summed E-state index contributed by atoms with van der Waals surface area (Å²) in [6.07, 6.45) is 2.47. The van der Waals surface area contributed by atoms with Gasteiger partial charge in [0, 0.05) is 79.8 Å². The van der Waals surface area contributed by atoms with Gasteiger partial charge in [0.1, 0.15) is 11.8 Å². The zero-order chi connectivity index (χ0) is 36.6. The van der Waals surface area contributed by atoms with Gasteiger partial charge in [0.15, 0.2) is 0 Å². The summed E-state index contributed by atoms with van der Waals surface area (Å²) in [5, 5.41) is 16.4. The minimum Gasteiger partial charge on any atom is -0.371 e. The van der Waals surface area contributed by atoms with Gasteiger partial charge in [-0.1, -0.05) is 29.4 Å². The molecule has 9 rings (SSSR count). The van der Waals surface area contributed by atoms with Crippen LogP contribution in [0.15, 0.2) is 65.2 Å². The van der Waals surface area contributed by atoms with Crippen molar-refractivity contribution in [2.45, 2.75) is 70.5 Å². The third-order valence-corrected chi connectivity index (χ3v) is 12.1. The highest BCUT2D eigenvalue weighted by atomic mass is 16.5. The maximum atomic E-state index is 13.2. The molecule has 0 radical (unpaired) electrons. The molecule has 0 spiro atoms. The van der Waals surface area contributed by atoms with E-state index in [2.05, 4.69) is 86.7 Å². The summed E-state index contributed by atoms with van der Waals surface area (Å²) < 4.78 is 5.53. The number of amides is 3. The molecular weight excluding hydrogens is 667 g/mol. The lowest BCUT2D eigenvalue weighted by molar-refractivity contribution is -0.136. The zero-order valence-corrected chi connectivity index (χ0v) is 30.4. The van der Waals surface area contributed by atoms with E-state index >= 15 is 0 Å². The van der Waals surface area contributed by atoms with Crippen LogP contribution in [0.2, 0.25) is 0 Å². The van der Waals surface area contributed by atoms with Crippen LogP contribution in [0.5, 0.6) is 0 Å². The number of carbonyl (C=O) groups excluding carboxylic acids is 3. The van der Waals surface area contributed by atoms with Crippen molar-refractivity contribution in [3.05, 3.63) is 94.4 Å². The van der Waals surface area contributed by atoms with Gasteiger partial charge in [-0.25, -0.2) is 0 Å². The van der Waals surface area contributed by atoms with E-state index in [0.717, 1.165) is 90.6 Å². The summed E-state index contributed by atoms with van der Waals surface area (Å²) in [6, 6.07) is 23.5. The minimum atomic E-state index is -0.603. The molecule has 53 heavy (non-hydrogen) atoms. The number of benzene rings is 3. The Kier molecular flexibility index (Phi) is 7.93. The molecule has 5 heterocycles. The number of carbonyl (C=O) groups is 3. The molecular formula is C42H43N7O4. The number of rotatable bonds is 9. The molecule has 0 bridgehead atoms. The number of fused-ring (bicyclic) bond motifs is 1. The second-order valence-electron chi connectivity index (χ2n) is 15.7. The molecule has 4 aliphatic heterocycles. The first-order valence-electron chi connectivity index (χ1n) is 18.7. The molecule has 1 N–H and O–H groups in total. The highest BCUT2D eigenvalue weighted by molar-refractivity contribution is 6.05. The number of piperidine rings is 1. The Hall–Kier alpha value is -5.47. The Morgan fingerprint density at radius 2 is 1.75 bits per heavy atom. The van der Waals surface area contributed by atoms with E-state index in [-0.39, 0.29) is 29.6 Å². The number of aromatic nitrogens is 1. The Morgan fingerprint density at radius 1 is 0.981 bits per heavy atom. The Balaban J connectivity index is 0.873. The van der Waals surface area contributed by atoms with Crippen LogP contribution < -0.4 is 15.1 Å². The number of anilines is 3. The second-order valence-corrected chi connectivity index (χ2v) is 15.7. The van der Waals surface area contributed by atoms with Crippen molar-refractivity contribution in [2.75, 3.05) is 42.5 Å². The third-order valence-electron chi connectivity index (χ3n) is 12.1. The average Bonchev–Trinajstić information content (AvgIpc) is 3.76. The lowest BCUT2D eigenvalue weighted by Crippen LogP contribution is -2.62. The van der Waals surface area contributed by atoms with E-state index in [1.54, 1.807) is 4.90 Å². The fourth-order valence-corrected chi connectivity index (χ4v) is 8.87. The van der Waals surface area contributed by atoms with Gasteiger partial charge >= 0.3 is 0 Å². The van der Waals surface area contributed by atoms with Crippen LogP contribution in [0.4, 0.5) is 17.1 Å². The Labute approximate surface area is 309 Å². The molecule has 1 unspecified atom stereocenters. The monoisotopic (exact) mass is 709 g/mol. The van der Waals surface area contributed by atoms with E-state index in [1.807, 2.05) is 26.0 Å². The number of hydrogen-bond donors (Lipinski definition) is 1. The molecule has 5 aliphatic rings. The smallest absolute Gasteiger partial charge is 0.255 e. The summed E-state index contributed by atoms with van der Waals surface area (Å²) in [6.45, 7) is 11.3. The summed E-state index contributed by atoms with van der Waals surface area (Å²) in [4.78, 5) is 46.3. The summed E-state index contributed by atoms with van der Waals surface area (Å²) in [5.41, 5.74) is 9.99. The number of likely N-dealkylation sites (tertiary alicyclic amines) is 1. The number of nitrogens with one attached hydrogen (secondary N) is 1. The molecule has 1 atom stereocenters. The molecule has 1 aromatic heterocycles. The lowest BCUT2D eigenvalue weighted by Gasteiger charge is -2.50. The van der Waals surface area contributed by atoms with Gasteiger partial charge in [-0.05, 0) is 98.7 Å². The van der Waals surface area contributed by atoms with Gasteiger partial charge in [0.25, 0.3) is 5.91 Å². The topological polar surface area (TPSA) is 126 Å². The van der Waals surface area contributed by atoms with Crippen LogP contribution >= 0.6 is 0 Å². The summed E-state index contributed by atoms with van der Waals surface area (Å²) >= 11 is 0. The SMILES string of the molecule is Cc1ccc(-c2c(C)noc2C)cc1N(c1ccc(C2(C#N)CC2)cc1)C1CN(CC2CN(c3ccc4c(c3)CN(C3CCC(=O)NC3=O)C4=O)C2)C1. The molecule has 1 aliphatic carbocycles. The van der Waals surface area contributed by atoms with E-state index < -0.39 is 6.04 Å². The predicted octanol–water partition coefficient (Wildman–Crippen LogP) is 5.54. The van der Waals surface area contributed by atoms with Gasteiger partial charge in [-0.2, -0.15) is 5.26 Å². The maximum Gasteiger partial charge on any atom is 0.255 e. The molecule has 11 nitrogen and oxygen atoms in total. The first-order valence-corrected chi connectivity index (χ1v) is 18.7. The van der Waals surface area contributed by atoms with Gasteiger partial charge in [-0.3, -0.25) is 24.6 Å². The third kappa shape index (κ3) is 5.76. The highest BCUT2D eigenvalue weighted by Crippen LogP contribution is 2.48. The largest absolute Gasteiger partial charge is 0.371 e. The van der Waals surface area contributed by atoms with Crippen molar-refractivity contribution in [1.82, 2.24) is 20.3 Å². The van der Waals surface area contributed by atoms with Crippen molar-refractivity contribution in [1.29, 1.82) is 5.26 Å². The van der Waals surface area contributed by atoms with Gasteiger partial charge in [-0.15, -0.1) is 0 Å². The molecule has 4 fully saturated rings. The quantitative estimate of drug-likeness (QED) is 0.223. The van der Waals surface area contributed by atoms with E-state index in [0.29, 0.717) is 30.5 Å². The first kappa shape index (κ1) is 33.4. The number of nitrogens with zero attached hydrogens (tertiary/aromatic N) is 6. The van der Waals surface area contributed by atoms with Crippen molar-refractivity contribution < 1.29 is 18.9 Å². The van der Waals surface area contributed by atoms with Gasteiger partial charge < -0.3 is 19.2 Å². The van der Waals surface area contributed by atoms with Crippen molar-refractivity contribution in [2.24, 2.45) is 5.92 Å². The predicted molar refractivity (Wildman–Crippen MR) is 200 cm³/mol. The van der Waals surface area contributed by atoms with Crippen LogP contribution in [0, 0.1) is 38.0 Å². The molecule has 270 valence electrons. The number of imide groups is 1. The molecule has 3 amide bonds. The Bertz CT molecular complexity index is 2170. The summed E-state index contributed by atoms with van der Waals surface area (Å²) in [7, 11) is 0. The molecule has 3 aromatic carbocycles. The molecule has 11 heteroatoms. The van der Waals surface area contributed by atoms with E-state index in [9.17, 15) is 19.6 Å². The van der Waals surface area contributed by atoms with Gasteiger partial charge in [0.05, 0.1) is 23.2 Å². The molecule has 3 saturated heterocycles. The molecule has 1 saturated carbocycles. The Morgan fingerprint density at radius 3 is 2.43 bits per heavy atom. The normalized spacial score (nSPS) is 21.2. The van der Waals surface area contributed by atoms with Crippen molar-refractivity contribution in [3.8, 4) is 17.2 Å². The second kappa shape index (κ2) is 12.6. The fraction of sp³-hybridized carbons (Fsp3) is 0.405. The van der Waals surface area contributed by atoms with E-state index in [4.69, 9.17) is 4.52 Å². The maximum absolute atomic E-state index is 13.2. The van der Waals surface area contributed by atoms with Crippen molar-refractivity contribution in [3.63, 3.8) is 0 Å². The first-order chi connectivity index (χ1) is 25.6. The standard InChI is InChI=1S/C42H43N7O4/c1-25-4-5-29(39-26(2)45-53-27(39)3)17-37(25)49(32-8-6-31(7-9-32)42(24-43)14-15-42)34-22-46(23-34)18-28-19-47(20-28)33-10-11-35-30(16-33)21-48(41(35)52)36-12-13-38(50)44-40(36)51/h4-11,16-17,28,34,36H,12-15,18-23H2,1-3H3,(H,44,50,51).